The van der Waals surface area contributed by atoms with Crippen molar-refractivity contribution in [2.75, 3.05) is 37.8 Å². The Bertz CT molecular complexity index is 1790. The number of nitrogens with two attached hydrogens (primary N) is 1. The van der Waals surface area contributed by atoms with Gasteiger partial charge in [0.15, 0.2) is 12.3 Å². The van der Waals surface area contributed by atoms with Crippen LogP contribution < -0.4 is 15.4 Å². The largest absolute Gasteiger partial charge is 0.482 e. The second-order valence-corrected chi connectivity index (χ2v) is 13.1. The van der Waals surface area contributed by atoms with Crippen molar-refractivity contribution in [3.8, 4) is 16.9 Å². The number of aromatic nitrogens is 5. The quantitative estimate of drug-likeness (QED) is 0.299. The lowest BCUT2D eigenvalue weighted by Crippen LogP contribution is -2.42. The Hall–Kier alpha value is -4.13. The first-order valence-corrected chi connectivity index (χ1v) is 16.2. The van der Waals surface area contributed by atoms with Crippen LogP contribution in [0.25, 0.3) is 22.2 Å². The summed E-state index contributed by atoms with van der Waals surface area (Å²) >= 11 is 5.96. The molecule has 4 aromatic rings. The summed E-state index contributed by atoms with van der Waals surface area (Å²) in [6, 6.07) is 6.25. The fraction of sp³-hybridized carbons (Fsp3) is 0.455. The molecule has 1 saturated carbocycles. The monoisotopic (exact) mass is 644 g/mol. The number of benzene rings is 1. The number of anilines is 1. The van der Waals surface area contributed by atoms with Crippen LogP contribution in [0, 0.1) is 5.92 Å². The van der Waals surface area contributed by atoms with Crippen LogP contribution in [0.1, 0.15) is 61.0 Å². The maximum absolute atomic E-state index is 13.2. The van der Waals surface area contributed by atoms with Crippen molar-refractivity contribution in [2.45, 2.75) is 58.2 Å². The van der Waals surface area contributed by atoms with Gasteiger partial charge in [0, 0.05) is 42.5 Å². The highest BCUT2D eigenvalue weighted by molar-refractivity contribution is 6.30. The normalized spacial score (nSPS) is 20.3. The molecule has 5 heterocycles. The third-order valence-corrected chi connectivity index (χ3v) is 9.31. The summed E-state index contributed by atoms with van der Waals surface area (Å²) in [7, 11) is 0. The van der Waals surface area contributed by atoms with Gasteiger partial charge < -0.3 is 15.2 Å². The minimum atomic E-state index is -0.545. The Labute approximate surface area is 271 Å². The van der Waals surface area contributed by atoms with Crippen molar-refractivity contribution >= 4 is 40.1 Å². The first-order valence-electron chi connectivity index (χ1n) is 15.8. The number of fused-ring (bicyclic) bond motifs is 2. The maximum atomic E-state index is 13.2. The van der Waals surface area contributed by atoms with E-state index in [2.05, 4.69) is 33.4 Å². The van der Waals surface area contributed by atoms with Gasteiger partial charge in [0.05, 0.1) is 54.0 Å². The molecule has 2 fully saturated rings. The number of carbonyl (C=O) groups is 2. The zero-order valence-corrected chi connectivity index (χ0v) is 26.7. The molecule has 2 N–H and O–H groups in total. The van der Waals surface area contributed by atoms with E-state index in [1.165, 1.54) is 12.4 Å². The first kappa shape index (κ1) is 30.5. The molecule has 2 aliphatic heterocycles. The Morgan fingerprint density at radius 1 is 1.11 bits per heavy atom. The van der Waals surface area contributed by atoms with Gasteiger partial charge in [-0.3, -0.25) is 19.4 Å². The molecule has 13 heteroatoms. The van der Waals surface area contributed by atoms with Crippen molar-refractivity contribution in [3.05, 3.63) is 58.9 Å². The number of hydrogen-bond donors (Lipinski definition) is 1. The number of rotatable bonds is 8. The third kappa shape index (κ3) is 5.80. The number of pyridine rings is 1. The number of amides is 2. The van der Waals surface area contributed by atoms with E-state index in [0.717, 1.165) is 62.2 Å². The number of morpholine rings is 1. The van der Waals surface area contributed by atoms with Crippen LogP contribution >= 0.6 is 11.6 Å². The van der Waals surface area contributed by atoms with Crippen LogP contribution in [0.3, 0.4) is 0 Å². The molecule has 1 aromatic carbocycles. The SMILES string of the molecule is CC(C)Cc1nc2c(cnn2[C@H]2CC[C@H](N3CCOCC3)C2)c(-c2ccc3c(c2)OCC(=O)N3Cc2ncc(Cl)cn2)c1C(N)=O. The highest BCUT2D eigenvalue weighted by Gasteiger charge is 2.34. The molecular formula is C33H37ClN8O4. The molecule has 0 bridgehead atoms. The van der Waals surface area contributed by atoms with Gasteiger partial charge in [-0.15, -0.1) is 0 Å². The molecule has 2 atom stereocenters. The molecule has 0 radical (unpaired) electrons. The van der Waals surface area contributed by atoms with Crippen molar-refractivity contribution in [2.24, 2.45) is 11.7 Å². The van der Waals surface area contributed by atoms with E-state index < -0.39 is 5.91 Å². The molecular weight excluding hydrogens is 608 g/mol. The Kier molecular flexibility index (Phi) is 8.35. The number of carbonyl (C=O) groups excluding carboxylic acids is 2. The molecule has 0 unspecified atom stereocenters. The lowest BCUT2D eigenvalue weighted by molar-refractivity contribution is -0.121. The van der Waals surface area contributed by atoms with Crippen molar-refractivity contribution in [3.63, 3.8) is 0 Å². The molecule has 3 aromatic heterocycles. The molecule has 2 amide bonds. The van der Waals surface area contributed by atoms with E-state index in [9.17, 15) is 9.59 Å². The summed E-state index contributed by atoms with van der Waals surface area (Å²) in [4.78, 5) is 43.8. The van der Waals surface area contributed by atoms with Crippen LogP contribution in [0.15, 0.2) is 36.8 Å². The van der Waals surface area contributed by atoms with Crippen molar-refractivity contribution in [1.29, 1.82) is 0 Å². The van der Waals surface area contributed by atoms with E-state index in [4.69, 9.17) is 36.9 Å². The topological polar surface area (TPSA) is 142 Å². The molecule has 0 spiro atoms. The van der Waals surface area contributed by atoms with Gasteiger partial charge in [-0.25, -0.2) is 19.6 Å². The number of hydrogen-bond acceptors (Lipinski definition) is 9. The molecule has 1 saturated heterocycles. The Balaban J connectivity index is 1.30. The lowest BCUT2D eigenvalue weighted by Gasteiger charge is -2.32. The summed E-state index contributed by atoms with van der Waals surface area (Å²) in [5.74, 6) is 0.446. The van der Waals surface area contributed by atoms with Gasteiger partial charge in [-0.2, -0.15) is 5.10 Å². The summed E-state index contributed by atoms with van der Waals surface area (Å²) < 4.78 is 13.6. The van der Waals surface area contributed by atoms with E-state index in [1.807, 2.05) is 18.2 Å². The molecule has 46 heavy (non-hydrogen) atoms. The number of ether oxygens (including phenoxy) is 2. The number of halogens is 1. The molecule has 12 nitrogen and oxygen atoms in total. The molecule has 1 aliphatic carbocycles. The minimum absolute atomic E-state index is 0.138. The first-order chi connectivity index (χ1) is 22.3. The highest BCUT2D eigenvalue weighted by atomic mass is 35.5. The fourth-order valence-electron chi connectivity index (χ4n) is 7.00. The maximum Gasteiger partial charge on any atom is 0.265 e. The second kappa shape index (κ2) is 12.6. The average Bonchev–Trinajstić information content (AvgIpc) is 3.70. The summed E-state index contributed by atoms with van der Waals surface area (Å²) in [5, 5.41) is 6.05. The van der Waals surface area contributed by atoms with Crippen LogP contribution in [0.5, 0.6) is 5.75 Å². The summed E-state index contributed by atoms with van der Waals surface area (Å²) in [5.41, 5.74) is 9.89. The standard InChI is InChI=1S/C33H37ClN8O4/c1-19(2)11-25-31(32(35)44)30(24-16-38-42(33(24)39-25)23-5-4-22(13-23)40-7-9-45-10-8-40)20-3-6-26-27(12-20)46-18-29(43)41(26)17-28-36-14-21(34)15-37-28/h3,6,12,14-16,19,22-23H,4-5,7-11,13,17-18H2,1-2H3,(H2,35,44)/t22-,23-/m0/s1. The van der Waals surface area contributed by atoms with Gasteiger partial charge in [0.2, 0.25) is 0 Å². The van der Waals surface area contributed by atoms with Gasteiger partial charge in [0.25, 0.3) is 11.8 Å². The van der Waals surface area contributed by atoms with Gasteiger partial charge in [0.1, 0.15) is 11.6 Å². The molecule has 240 valence electrons. The highest BCUT2D eigenvalue weighted by Crippen LogP contribution is 2.42. The van der Waals surface area contributed by atoms with Crippen molar-refractivity contribution < 1.29 is 19.1 Å². The van der Waals surface area contributed by atoms with Gasteiger partial charge in [-0.1, -0.05) is 31.5 Å². The van der Waals surface area contributed by atoms with E-state index in [1.54, 1.807) is 11.1 Å². The van der Waals surface area contributed by atoms with E-state index >= 15 is 0 Å². The smallest absolute Gasteiger partial charge is 0.265 e. The molecule has 7 rings (SSSR count). The van der Waals surface area contributed by atoms with E-state index in [0.29, 0.717) is 51.6 Å². The summed E-state index contributed by atoms with van der Waals surface area (Å²) in [6.07, 6.45) is 8.47. The Morgan fingerprint density at radius 3 is 2.61 bits per heavy atom. The predicted molar refractivity (Wildman–Crippen MR) is 173 cm³/mol. The van der Waals surface area contributed by atoms with Gasteiger partial charge >= 0.3 is 0 Å². The van der Waals surface area contributed by atoms with Crippen LogP contribution in [-0.2, 0) is 22.5 Å². The summed E-state index contributed by atoms with van der Waals surface area (Å²) in [6.45, 7) is 7.68. The van der Waals surface area contributed by atoms with Crippen LogP contribution in [0.2, 0.25) is 5.02 Å². The Morgan fingerprint density at radius 2 is 1.87 bits per heavy atom. The van der Waals surface area contributed by atoms with Crippen molar-refractivity contribution in [1.82, 2.24) is 29.6 Å². The van der Waals surface area contributed by atoms with Crippen LogP contribution in [-0.4, -0.2) is 80.4 Å². The lowest BCUT2D eigenvalue weighted by atomic mass is 9.92. The minimum Gasteiger partial charge on any atom is -0.482 e. The second-order valence-electron chi connectivity index (χ2n) is 12.6. The zero-order chi connectivity index (χ0) is 31.9. The van der Waals surface area contributed by atoms with E-state index in [-0.39, 0.29) is 31.0 Å². The predicted octanol–water partition coefficient (Wildman–Crippen LogP) is 4.19. The number of nitrogens with zero attached hydrogens (tertiary/aromatic N) is 7. The average molecular weight is 645 g/mol. The van der Waals surface area contributed by atoms with Gasteiger partial charge in [-0.05, 0) is 49.3 Å². The van der Waals surface area contributed by atoms with Crippen LogP contribution in [0.4, 0.5) is 5.69 Å². The third-order valence-electron chi connectivity index (χ3n) is 9.12. The zero-order valence-electron chi connectivity index (χ0n) is 26.0. The molecule has 3 aliphatic rings. The fourth-order valence-corrected chi connectivity index (χ4v) is 7.10. The number of primary amides is 1.